The number of aliphatic hydroxyl groups is 1. The second-order valence-corrected chi connectivity index (χ2v) is 4.27. The van der Waals surface area contributed by atoms with Crippen LogP contribution in [0.4, 0.5) is 0 Å². The smallest absolute Gasteiger partial charge is 0.191 e. The van der Waals surface area contributed by atoms with E-state index in [2.05, 4.69) is 10.3 Å². The molecule has 1 saturated heterocycles. The second kappa shape index (κ2) is 4.33. The van der Waals surface area contributed by atoms with Crippen LogP contribution in [0.25, 0.3) is 0 Å². The van der Waals surface area contributed by atoms with Crippen LogP contribution in [0.2, 0.25) is 0 Å². The van der Waals surface area contributed by atoms with Crippen LogP contribution in [-0.4, -0.2) is 23.2 Å². The molecule has 2 heterocycles. The molecule has 0 radical (unpaired) electrons. The zero-order valence-electron chi connectivity index (χ0n) is 9.29. The maximum atomic E-state index is 9.03. The molecule has 0 saturated carbocycles. The van der Waals surface area contributed by atoms with Crippen molar-refractivity contribution < 1.29 is 9.52 Å². The van der Waals surface area contributed by atoms with Gasteiger partial charge in [-0.25, -0.2) is 4.98 Å². The van der Waals surface area contributed by atoms with Crippen LogP contribution >= 0.6 is 0 Å². The third-order valence-corrected chi connectivity index (χ3v) is 3.03. The van der Waals surface area contributed by atoms with Gasteiger partial charge in [-0.3, -0.25) is 0 Å². The summed E-state index contributed by atoms with van der Waals surface area (Å²) in [7, 11) is 0. The topological polar surface area (TPSA) is 58.3 Å². The summed E-state index contributed by atoms with van der Waals surface area (Å²) in [5, 5.41) is 12.4. The van der Waals surface area contributed by atoms with Gasteiger partial charge in [-0.1, -0.05) is 0 Å². The van der Waals surface area contributed by atoms with E-state index in [-0.39, 0.29) is 12.6 Å². The fourth-order valence-electron chi connectivity index (χ4n) is 2.17. The van der Waals surface area contributed by atoms with Gasteiger partial charge in [0.05, 0.1) is 11.7 Å². The Balaban J connectivity index is 2.04. The molecule has 4 heteroatoms. The molecule has 0 amide bonds. The molecule has 1 aromatic rings. The van der Waals surface area contributed by atoms with Gasteiger partial charge in [0, 0.05) is 20.1 Å². The lowest BCUT2D eigenvalue weighted by Crippen LogP contribution is -2.34. The van der Waals surface area contributed by atoms with Gasteiger partial charge in [0.15, 0.2) is 5.89 Å². The van der Waals surface area contributed by atoms with Crippen LogP contribution in [0.3, 0.4) is 0 Å². The number of piperidine rings is 1. The molecule has 15 heavy (non-hydrogen) atoms. The minimum absolute atomic E-state index is 0.272. The van der Waals surface area contributed by atoms with Crippen molar-refractivity contribution in [1.29, 1.82) is 0 Å². The summed E-state index contributed by atoms with van der Waals surface area (Å²) in [6.45, 7) is 4.98. The molecule has 1 aliphatic heterocycles. The summed E-state index contributed by atoms with van der Waals surface area (Å²) in [5.41, 5.74) is 0.979. The van der Waals surface area contributed by atoms with Gasteiger partial charge in [0.2, 0.25) is 0 Å². The molecule has 0 aromatic carbocycles. The number of nitrogens with one attached hydrogen (secondary N) is 1. The fraction of sp³-hybridized carbons (Fsp3) is 0.727. The second-order valence-electron chi connectivity index (χ2n) is 4.27. The molecular formula is C11H18N2O2. The quantitative estimate of drug-likeness (QED) is 0.773. The first-order chi connectivity index (χ1) is 7.20. The number of aromatic nitrogens is 1. The molecule has 84 valence electrons. The van der Waals surface area contributed by atoms with Crippen molar-refractivity contribution in [3.8, 4) is 0 Å². The maximum absolute atomic E-state index is 9.03. The Labute approximate surface area is 89.7 Å². The lowest BCUT2D eigenvalue weighted by Gasteiger charge is -2.27. The summed E-state index contributed by atoms with van der Waals surface area (Å²) in [6, 6.07) is 0.272. The average Bonchev–Trinajstić information content (AvgIpc) is 2.58. The van der Waals surface area contributed by atoms with Gasteiger partial charge in [-0.2, -0.15) is 0 Å². The van der Waals surface area contributed by atoms with Gasteiger partial charge >= 0.3 is 0 Å². The Bertz CT molecular complexity index is 327. The third kappa shape index (κ3) is 2.21. The van der Waals surface area contributed by atoms with Crippen LogP contribution in [0.15, 0.2) is 4.42 Å². The lowest BCUT2D eigenvalue weighted by atomic mass is 9.94. The Morgan fingerprint density at radius 3 is 2.73 bits per heavy atom. The highest BCUT2D eigenvalue weighted by Crippen LogP contribution is 2.28. The standard InChI is InChI=1S/C11H18N2O2/c1-7-11(15-8(2)13-7)10-4-3-9(6-14)5-12-10/h9-10,12,14H,3-6H2,1-2H3. The number of rotatable bonds is 2. The van der Waals surface area contributed by atoms with E-state index in [1.165, 1.54) is 0 Å². The molecule has 2 N–H and O–H groups in total. The van der Waals surface area contributed by atoms with E-state index in [1.807, 2.05) is 13.8 Å². The minimum Gasteiger partial charge on any atom is -0.444 e. The molecule has 0 spiro atoms. The molecule has 0 aliphatic carbocycles. The first-order valence-electron chi connectivity index (χ1n) is 5.49. The molecule has 1 fully saturated rings. The molecule has 4 nitrogen and oxygen atoms in total. The Morgan fingerprint density at radius 1 is 1.47 bits per heavy atom. The van der Waals surface area contributed by atoms with Crippen molar-refractivity contribution in [3.05, 3.63) is 17.3 Å². The monoisotopic (exact) mass is 210 g/mol. The molecule has 0 bridgehead atoms. The number of nitrogens with zero attached hydrogens (tertiary/aromatic N) is 1. The molecule has 1 aliphatic rings. The normalized spacial score (nSPS) is 26.9. The van der Waals surface area contributed by atoms with Crippen LogP contribution in [-0.2, 0) is 0 Å². The molecule has 2 atom stereocenters. The lowest BCUT2D eigenvalue weighted by molar-refractivity contribution is 0.177. The number of hydrogen-bond acceptors (Lipinski definition) is 4. The fourth-order valence-corrected chi connectivity index (χ4v) is 2.17. The Kier molecular flexibility index (Phi) is 3.07. The molecule has 2 rings (SSSR count). The van der Waals surface area contributed by atoms with Crippen molar-refractivity contribution in [3.63, 3.8) is 0 Å². The molecule has 1 aromatic heterocycles. The highest BCUT2D eigenvalue weighted by atomic mass is 16.4. The van der Waals surface area contributed by atoms with Crippen LogP contribution in [0.1, 0.15) is 36.2 Å². The summed E-state index contributed by atoms with van der Waals surface area (Å²) >= 11 is 0. The first-order valence-corrected chi connectivity index (χ1v) is 5.49. The highest BCUT2D eigenvalue weighted by molar-refractivity contribution is 5.12. The first kappa shape index (κ1) is 10.6. The van der Waals surface area contributed by atoms with E-state index in [0.717, 1.165) is 36.7 Å². The van der Waals surface area contributed by atoms with Crippen LogP contribution < -0.4 is 5.32 Å². The minimum atomic E-state index is 0.272. The molecule has 2 unspecified atom stereocenters. The van der Waals surface area contributed by atoms with Gasteiger partial charge in [-0.05, 0) is 25.7 Å². The summed E-state index contributed by atoms with van der Waals surface area (Å²) in [4.78, 5) is 4.27. The van der Waals surface area contributed by atoms with Gasteiger partial charge in [0.1, 0.15) is 5.76 Å². The van der Waals surface area contributed by atoms with Gasteiger partial charge in [0.25, 0.3) is 0 Å². The largest absolute Gasteiger partial charge is 0.444 e. The van der Waals surface area contributed by atoms with Crippen molar-refractivity contribution in [1.82, 2.24) is 10.3 Å². The van der Waals surface area contributed by atoms with Crippen molar-refractivity contribution in [2.45, 2.75) is 32.7 Å². The predicted octanol–water partition coefficient (Wildman–Crippen LogP) is 1.32. The summed E-state index contributed by atoms with van der Waals surface area (Å²) in [6.07, 6.45) is 2.06. The highest BCUT2D eigenvalue weighted by Gasteiger charge is 2.25. The molecular weight excluding hydrogens is 192 g/mol. The zero-order valence-corrected chi connectivity index (χ0v) is 9.29. The van der Waals surface area contributed by atoms with Crippen molar-refractivity contribution in [2.75, 3.05) is 13.2 Å². The van der Waals surface area contributed by atoms with E-state index in [1.54, 1.807) is 0 Å². The van der Waals surface area contributed by atoms with Crippen molar-refractivity contribution in [2.24, 2.45) is 5.92 Å². The van der Waals surface area contributed by atoms with Crippen molar-refractivity contribution >= 4 is 0 Å². The van der Waals surface area contributed by atoms with E-state index in [4.69, 9.17) is 9.52 Å². The SMILES string of the molecule is Cc1nc(C)c(C2CCC(CO)CN2)o1. The summed E-state index contributed by atoms with van der Waals surface area (Å²) < 4.78 is 5.59. The number of aliphatic hydroxyl groups excluding tert-OH is 1. The van der Waals surface area contributed by atoms with Gasteiger partial charge < -0.3 is 14.8 Å². The van der Waals surface area contributed by atoms with Crippen LogP contribution in [0.5, 0.6) is 0 Å². The van der Waals surface area contributed by atoms with E-state index < -0.39 is 0 Å². The number of hydrogen-bond donors (Lipinski definition) is 2. The zero-order chi connectivity index (χ0) is 10.8. The number of aryl methyl sites for hydroxylation is 2. The van der Waals surface area contributed by atoms with Crippen LogP contribution in [0, 0.1) is 19.8 Å². The Morgan fingerprint density at radius 2 is 2.27 bits per heavy atom. The van der Waals surface area contributed by atoms with E-state index in [0.29, 0.717) is 5.92 Å². The summed E-state index contributed by atoms with van der Waals surface area (Å²) in [5.74, 6) is 2.09. The van der Waals surface area contributed by atoms with E-state index in [9.17, 15) is 0 Å². The van der Waals surface area contributed by atoms with Gasteiger partial charge in [-0.15, -0.1) is 0 Å². The average molecular weight is 210 g/mol. The maximum Gasteiger partial charge on any atom is 0.191 e. The Hall–Kier alpha value is -0.870. The predicted molar refractivity (Wildman–Crippen MR) is 56.5 cm³/mol. The third-order valence-electron chi connectivity index (χ3n) is 3.03. The van der Waals surface area contributed by atoms with E-state index >= 15 is 0 Å². The number of oxazole rings is 1.